The number of fused-ring (bicyclic) bond motifs is 1. The molecule has 1 aliphatic heterocycles. The number of imidazole rings is 1. The summed E-state index contributed by atoms with van der Waals surface area (Å²) in [4.78, 5) is 19.0. The van der Waals surface area contributed by atoms with Gasteiger partial charge in [0.25, 0.3) is 5.91 Å². The zero-order valence-corrected chi connectivity index (χ0v) is 13.8. The van der Waals surface area contributed by atoms with Crippen molar-refractivity contribution in [2.75, 3.05) is 19.6 Å². The van der Waals surface area contributed by atoms with Gasteiger partial charge in [-0.3, -0.25) is 9.20 Å². The van der Waals surface area contributed by atoms with Gasteiger partial charge in [-0.05, 0) is 50.3 Å². The molecule has 1 aliphatic carbocycles. The molecule has 2 aromatic heterocycles. The van der Waals surface area contributed by atoms with E-state index in [2.05, 4.69) is 10.3 Å². The Kier molecular flexibility index (Phi) is 3.99. The smallest absolute Gasteiger partial charge is 0.274 e. The van der Waals surface area contributed by atoms with E-state index >= 15 is 0 Å². The molecule has 0 radical (unpaired) electrons. The minimum Gasteiger partial charge on any atom is -0.337 e. The van der Waals surface area contributed by atoms with Crippen LogP contribution in [0, 0.1) is 5.92 Å². The van der Waals surface area contributed by atoms with Crippen LogP contribution in [0.2, 0.25) is 5.15 Å². The molecule has 0 aromatic carbocycles. The number of pyridine rings is 1. The van der Waals surface area contributed by atoms with Crippen LogP contribution in [0.25, 0.3) is 5.65 Å². The fourth-order valence-corrected chi connectivity index (χ4v) is 3.51. The second-order valence-electron chi connectivity index (χ2n) is 6.60. The molecule has 0 spiro atoms. The van der Waals surface area contributed by atoms with E-state index in [0.717, 1.165) is 38.4 Å². The van der Waals surface area contributed by atoms with Gasteiger partial charge in [0.2, 0.25) is 0 Å². The van der Waals surface area contributed by atoms with E-state index in [1.807, 2.05) is 29.3 Å². The Morgan fingerprint density at radius 2 is 2.04 bits per heavy atom. The lowest BCUT2D eigenvalue weighted by atomic mass is 10.0. The molecule has 2 aromatic rings. The Bertz CT molecular complexity index is 716. The van der Waals surface area contributed by atoms with Crippen molar-refractivity contribution in [3.05, 3.63) is 35.2 Å². The lowest BCUT2D eigenvalue weighted by Gasteiger charge is -2.32. The zero-order chi connectivity index (χ0) is 15.8. The van der Waals surface area contributed by atoms with Crippen molar-refractivity contribution in [1.82, 2.24) is 19.6 Å². The van der Waals surface area contributed by atoms with Gasteiger partial charge < -0.3 is 10.2 Å². The molecule has 3 heterocycles. The van der Waals surface area contributed by atoms with Crippen LogP contribution in [0.1, 0.15) is 36.2 Å². The summed E-state index contributed by atoms with van der Waals surface area (Å²) in [6.45, 7) is 2.69. The minimum atomic E-state index is -0.0191. The average molecular weight is 333 g/mol. The molecule has 1 N–H and O–H groups in total. The van der Waals surface area contributed by atoms with Gasteiger partial charge in [0, 0.05) is 25.3 Å². The quantitative estimate of drug-likeness (QED) is 0.936. The summed E-state index contributed by atoms with van der Waals surface area (Å²) < 4.78 is 1.78. The van der Waals surface area contributed by atoms with E-state index in [4.69, 9.17) is 11.6 Å². The summed E-state index contributed by atoms with van der Waals surface area (Å²) in [5.74, 6) is 0.876. The summed E-state index contributed by atoms with van der Waals surface area (Å²) in [5, 5.41) is 3.92. The first-order valence-electron chi connectivity index (χ1n) is 8.37. The first kappa shape index (κ1) is 15.0. The molecule has 0 bridgehead atoms. The summed E-state index contributed by atoms with van der Waals surface area (Å²) in [6.07, 6.45) is 6.60. The lowest BCUT2D eigenvalue weighted by molar-refractivity contribution is 0.0698. The molecule has 23 heavy (non-hydrogen) atoms. The van der Waals surface area contributed by atoms with Crippen LogP contribution in [-0.2, 0) is 0 Å². The van der Waals surface area contributed by atoms with Crippen molar-refractivity contribution in [3.63, 3.8) is 0 Å². The van der Waals surface area contributed by atoms with Gasteiger partial charge in [-0.25, -0.2) is 4.98 Å². The van der Waals surface area contributed by atoms with E-state index in [0.29, 0.717) is 17.4 Å². The number of hydrogen-bond acceptors (Lipinski definition) is 3. The number of piperidine rings is 1. The van der Waals surface area contributed by atoms with Gasteiger partial charge in [0.1, 0.15) is 5.65 Å². The largest absolute Gasteiger partial charge is 0.337 e. The van der Waals surface area contributed by atoms with Crippen LogP contribution in [0.4, 0.5) is 0 Å². The van der Waals surface area contributed by atoms with E-state index in [-0.39, 0.29) is 11.1 Å². The number of amides is 1. The molecule has 1 saturated carbocycles. The van der Waals surface area contributed by atoms with Crippen LogP contribution in [0.15, 0.2) is 24.4 Å². The number of carbonyl (C=O) groups excluding carboxylic acids is 1. The van der Waals surface area contributed by atoms with Gasteiger partial charge in [0.05, 0.1) is 0 Å². The number of carbonyl (C=O) groups is 1. The van der Waals surface area contributed by atoms with Crippen LogP contribution in [-0.4, -0.2) is 45.9 Å². The number of aromatic nitrogens is 2. The Hall–Kier alpha value is -1.59. The van der Waals surface area contributed by atoms with Gasteiger partial charge in [0.15, 0.2) is 10.8 Å². The van der Waals surface area contributed by atoms with E-state index in [9.17, 15) is 4.79 Å². The van der Waals surface area contributed by atoms with Crippen molar-refractivity contribution >= 4 is 23.2 Å². The highest BCUT2D eigenvalue weighted by Gasteiger charge is 2.28. The van der Waals surface area contributed by atoms with E-state index < -0.39 is 0 Å². The molecule has 6 heteroatoms. The second-order valence-corrected chi connectivity index (χ2v) is 6.96. The molecule has 5 nitrogen and oxygen atoms in total. The third-order valence-corrected chi connectivity index (χ3v) is 5.13. The molecule has 2 fully saturated rings. The average Bonchev–Trinajstić information content (AvgIpc) is 3.34. The third-order valence-electron chi connectivity index (χ3n) is 4.86. The van der Waals surface area contributed by atoms with E-state index in [1.165, 1.54) is 12.8 Å². The van der Waals surface area contributed by atoms with Crippen molar-refractivity contribution in [2.24, 2.45) is 5.92 Å². The second kappa shape index (κ2) is 6.13. The number of nitrogens with zero attached hydrogens (tertiary/aromatic N) is 3. The Morgan fingerprint density at radius 1 is 1.26 bits per heavy atom. The highest BCUT2D eigenvalue weighted by Crippen LogP contribution is 2.28. The van der Waals surface area contributed by atoms with Gasteiger partial charge in [-0.1, -0.05) is 17.7 Å². The maximum absolute atomic E-state index is 12.8. The van der Waals surface area contributed by atoms with Gasteiger partial charge in [-0.2, -0.15) is 0 Å². The van der Waals surface area contributed by atoms with E-state index in [1.54, 1.807) is 4.40 Å². The maximum Gasteiger partial charge on any atom is 0.274 e. The normalized spacial score (nSPS) is 19.4. The maximum atomic E-state index is 12.8. The number of hydrogen-bond donors (Lipinski definition) is 1. The SMILES string of the molecule is O=C(c1c(Cl)nc2ccccn12)N1CCC(NCC2CC2)CC1. The van der Waals surface area contributed by atoms with Crippen LogP contribution in [0.3, 0.4) is 0 Å². The zero-order valence-electron chi connectivity index (χ0n) is 13.0. The Morgan fingerprint density at radius 3 is 2.78 bits per heavy atom. The van der Waals surface area contributed by atoms with Gasteiger partial charge in [-0.15, -0.1) is 0 Å². The molecule has 2 aliphatic rings. The fraction of sp³-hybridized carbons (Fsp3) is 0.529. The summed E-state index contributed by atoms with van der Waals surface area (Å²) in [5.41, 5.74) is 1.19. The van der Waals surface area contributed by atoms with Crippen LogP contribution in [0.5, 0.6) is 0 Å². The number of likely N-dealkylation sites (tertiary alicyclic amines) is 1. The first-order chi connectivity index (χ1) is 11.2. The molecule has 0 atom stereocenters. The van der Waals surface area contributed by atoms with Crippen LogP contribution < -0.4 is 5.32 Å². The summed E-state index contributed by atoms with van der Waals surface area (Å²) in [7, 11) is 0. The third kappa shape index (κ3) is 3.08. The number of nitrogens with one attached hydrogen (secondary N) is 1. The van der Waals surface area contributed by atoms with Crippen molar-refractivity contribution in [2.45, 2.75) is 31.7 Å². The number of rotatable bonds is 4. The molecule has 1 saturated heterocycles. The summed E-state index contributed by atoms with van der Waals surface area (Å²) in [6, 6.07) is 6.17. The van der Waals surface area contributed by atoms with Gasteiger partial charge >= 0.3 is 0 Å². The first-order valence-corrected chi connectivity index (χ1v) is 8.75. The molecule has 4 rings (SSSR count). The fourth-order valence-electron chi connectivity index (χ4n) is 3.25. The minimum absolute atomic E-state index is 0.0191. The van der Waals surface area contributed by atoms with Crippen molar-refractivity contribution < 1.29 is 4.79 Å². The molecule has 0 unspecified atom stereocenters. The molecular weight excluding hydrogens is 312 g/mol. The molecule has 122 valence electrons. The monoisotopic (exact) mass is 332 g/mol. The summed E-state index contributed by atoms with van der Waals surface area (Å²) >= 11 is 6.21. The van der Waals surface area contributed by atoms with Crippen molar-refractivity contribution in [3.8, 4) is 0 Å². The van der Waals surface area contributed by atoms with Crippen molar-refractivity contribution in [1.29, 1.82) is 0 Å². The Balaban J connectivity index is 1.43. The number of halogens is 1. The standard InChI is InChI=1S/C17H21ClN4O/c18-16-15(22-8-2-1-3-14(22)20-16)17(23)21-9-6-13(7-10-21)19-11-12-4-5-12/h1-3,8,12-13,19H,4-7,9-11H2. The lowest BCUT2D eigenvalue weighted by Crippen LogP contribution is -2.45. The predicted molar refractivity (Wildman–Crippen MR) is 89.9 cm³/mol. The molecular formula is C17H21ClN4O. The molecule has 1 amide bonds. The highest BCUT2D eigenvalue weighted by atomic mass is 35.5. The topological polar surface area (TPSA) is 49.6 Å². The predicted octanol–water partition coefficient (Wildman–Crippen LogP) is 2.59. The van der Waals surface area contributed by atoms with Crippen LogP contribution >= 0.6 is 11.6 Å². The highest BCUT2D eigenvalue weighted by molar-refractivity contribution is 6.32. The Labute approximate surface area is 140 Å².